The molecule has 21 heteroatoms. The fourth-order valence-electron chi connectivity index (χ4n) is 8.47. The number of hydrogen-bond acceptors (Lipinski definition) is 12. The molecule has 0 radical (unpaired) electrons. The molecule has 4 fully saturated rings. The summed E-state index contributed by atoms with van der Waals surface area (Å²) >= 11 is 0. The molecular weight excluding hydrogens is 869 g/mol. The molecule has 0 unspecified atom stereocenters. The van der Waals surface area contributed by atoms with Crippen molar-refractivity contribution in [2.75, 3.05) is 39.9 Å². The van der Waals surface area contributed by atoms with E-state index in [1.807, 2.05) is 0 Å². The van der Waals surface area contributed by atoms with Crippen LogP contribution in [0.25, 0.3) is 0 Å². The zero-order chi connectivity index (χ0) is 48.3. The number of fused-ring (bicyclic) bond motifs is 2. The number of halogens is 2. The van der Waals surface area contributed by atoms with Gasteiger partial charge in [-0.05, 0) is 95.9 Å². The number of carbonyl (C=O) groups excluding carboxylic acids is 9. The molecule has 5 rings (SSSR count). The highest BCUT2D eigenvalue weighted by atomic mass is 19.1. The van der Waals surface area contributed by atoms with Gasteiger partial charge in [0, 0.05) is 32.6 Å². The molecule has 1 saturated carbocycles. The average Bonchev–Trinajstić information content (AvgIpc) is 3.96. The molecule has 3 saturated heterocycles. The van der Waals surface area contributed by atoms with Crippen molar-refractivity contribution in [1.29, 1.82) is 0 Å². The number of nitrogens with zero attached hydrogens (tertiary/aromatic N) is 3. The fourth-order valence-corrected chi connectivity index (χ4v) is 8.47. The highest BCUT2D eigenvalue weighted by Gasteiger charge is 2.44. The Balaban J connectivity index is 1.42. The minimum Gasteiger partial charge on any atom is -0.462 e. The second kappa shape index (κ2) is 22.8. The van der Waals surface area contributed by atoms with Crippen LogP contribution >= 0.6 is 0 Å². The number of carbonyl (C=O) groups is 9. The van der Waals surface area contributed by atoms with E-state index in [-0.39, 0.29) is 37.4 Å². The van der Waals surface area contributed by atoms with E-state index >= 15 is 0 Å². The Morgan fingerprint density at radius 2 is 1.52 bits per heavy atom. The first-order valence-electron chi connectivity index (χ1n) is 22.4. The van der Waals surface area contributed by atoms with Crippen molar-refractivity contribution < 1.29 is 66.1 Å². The van der Waals surface area contributed by atoms with Gasteiger partial charge in [-0.25, -0.2) is 18.4 Å². The number of amides is 7. The molecule has 7 amide bonds. The average molecular weight is 930 g/mol. The summed E-state index contributed by atoms with van der Waals surface area (Å²) in [7, 11) is 1.25. The molecule has 3 aliphatic heterocycles. The van der Waals surface area contributed by atoms with E-state index in [0.717, 1.165) is 54.0 Å². The second-order valence-corrected chi connectivity index (χ2v) is 18.1. The number of alkyl carbamates (subject to hydrolysis) is 1. The van der Waals surface area contributed by atoms with Gasteiger partial charge in [0.1, 0.15) is 73.2 Å². The van der Waals surface area contributed by atoms with Gasteiger partial charge < -0.3 is 50.2 Å². The summed E-state index contributed by atoms with van der Waals surface area (Å²) in [4.78, 5) is 126. The number of ether oxygens (including phenoxy) is 3. The third kappa shape index (κ3) is 14.2. The van der Waals surface area contributed by atoms with Crippen LogP contribution in [0.3, 0.4) is 0 Å². The number of allylic oxidation sites excluding steroid dienone is 1. The third-order valence-electron chi connectivity index (χ3n) is 11.8. The lowest BCUT2D eigenvalue weighted by Gasteiger charge is -2.35. The van der Waals surface area contributed by atoms with Crippen LogP contribution in [-0.4, -0.2) is 150 Å². The lowest BCUT2D eigenvalue weighted by Crippen LogP contribution is -2.61. The molecule has 3 heterocycles. The van der Waals surface area contributed by atoms with Gasteiger partial charge in [-0.3, -0.25) is 33.6 Å². The smallest absolute Gasteiger partial charge is 0.408 e. The monoisotopic (exact) mass is 929 g/mol. The van der Waals surface area contributed by atoms with Gasteiger partial charge in [0.05, 0.1) is 0 Å². The summed E-state index contributed by atoms with van der Waals surface area (Å²) in [6, 6.07) is -5.75. The number of esters is 2. The first-order chi connectivity index (χ1) is 31.2. The quantitative estimate of drug-likeness (QED) is 0.141. The maximum atomic E-state index is 14.6. The highest BCUT2D eigenvalue weighted by molar-refractivity contribution is 5.98. The number of cyclic esters (lactones) is 1. The van der Waals surface area contributed by atoms with E-state index in [1.54, 1.807) is 26.8 Å². The normalized spacial score (nSPS) is 24.3. The molecule has 0 bridgehead atoms. The topological polar surface area (TPSA) is 239 Å². The Morgan fingerprint density at radius 3 is 2.17 bits per heavy atom. The van der Waals surface area contributed by atoms with Crippen molar-refractivity contribution >= 4 is 53.5 Å². The van der Waals surface area contributed by atoms with Crippen LogP contribution in [0, 0.1) is 17.6 Å². The van der Waals surface area contributed by atoms with Crippen LogP contribution in [0.5, 0.6) is 0 Å². The minimum atomic E-state index is -1.68. The highest BCUT2D eigenvalue weighted by Crippen LogP contribution is 2.26. The molecule has 1 aromatic rings. The van der Waals surface area contributed by atoms with Crippen molar-refractivity contribution in [1.82, 2.24) is 36.0 Å². The number of benzene rings is 1. The van der Waals surface area contributed by atoms with Crippen LogP contribution < -0.4 is 21.3 Å². The van der Waals surface area contributed by atoms with Crippen molar-refractivity contribution in [2.24, 2.45) is 5.92 Å². The Morgan fingerprint density at radius 1 is 0.879 bits per heavy atom. The van der Waals surface area contributed by atoms with Crippen LogP contribution in [-0.2, 0) is 59.0 Å². The second-order valence-electron chi connectivity index (χ2n) is 18.1. The molecule has 4 aliphatic rings. The third-order valence-corrected chi connectivity index (χ3v) is 11.8. The lowest BCUT2D eigenvalue weighted by atomic mass is 9.89. The number of rotatable bonds is 11. The first-order valence-corrected chi connectivity index (χ1v) is 22.4. The zero-order valence-corrected chi connectivity index (χ0v) is 38.0. The predicted octanol–water partition coefficient (Wildman–Crippen LogP) is 1.55. The summed E-state index contributed by atoms with van der Waals surface area (Å²) < 4.78 is 44.8. The van der Waals surface area contributed by atoms with E-state index < -0.39 is 133 Å². The summed E-state index contributed by atoms with van der Waals surface area (Å²) in [6.07, 6.45) is 7.52. The standard InChI is InChI=1S/C45H61F2N7O12/c1-26-40(59)54-18-10-14-34(54)43(62)65-24-32(51-38(57)31(21-28-19-29(46)22-30(47)20-28)50-36(55)16-15-27-11-7-6-8-12-27)41(60)53-17-9-13-33(53)42(61)52(5)35(39(58)49-26)25-64-37(56)23-48-44(63)66-45(2,3)4/h15-16,19-20,22,26-27,31-35H,6-14,17-18,21,23-25H2,1-5H3,(H,48,63)(H,49,58)(H,50,55)(H,51,57)/t26-,31-,32-,33-,34-,35-/m0/s1. The van der Waals surface area contributed by atoms with Gasteiger partial charge in [-0.1, -0.05) is 25.3 Å². The van der Waals surface area contributed by atoms with Gasteiger partial charge in [-0.15, -0.1) is 0 Å². The Bertz CT molecular complexity index is 2020. The van der Waals surface area contributed by atoms with Crippen molar-refractivity contribution in [3.05, 3.63) is 47.5 Å². The Labute approximate surface area is 382 Å². The van der Waals surface area contributed by atoms with Crippen molar-refractivity contribution in [3.63, 3.8) is 0 Å². The molecule has 362 valence electrons. The van der Waals surface area contributed by atoms with Gasteiger partial charge >= 0.3 is 18.0 Å². The number of nitrogens with one attached hydrogen (secondary N) is 4. The fraction of sp³-hybridized carbons (Fsp3) is 0.622. The van der Waals surface area contributed by atoms with Crippen LogP contribution in [0.2, 0.25) is 0 Å². The van der Waals surface area contributed by atoms with Crippen LogP contribution in [0.1, 0.15) is 91.0 Å². The zero-order valence-electron chi connectivity index (χ0n) is 38.0. The van der Waals surface area contributed by atoms with E-state index in [9.17, 15) is 51.9 Å². The van der Waals surface area contributed by atoms with Crippen molar-refractivity contribution in [3.8, 4) is 0 Å². The van der Waals surface area contributed by atoms with E-state index in [1.165, 1.54) is 24.9 Å². The van der Waals surface area contributed by atoms with Gasteiger partial charge in [-0.2, -0.15) is 0 Å². The molecule has 0 aromatic heterocycles. The van der Waals surface area contributed by atoms with Crippen LogP contribution in [0.15, 0.2) is 30.4 Å². The minimum absolute atomic E-state index is 0.0111. The van der Waals surface area contributed by atoms with E-state index in [0.29, 0.717) is 18.9 Å². The Kier molecular flexibility index (Phi) is 17.6. The molecule has 1 aliphatic carbocycles. The SMILES string of the molecule is C[C@@H]1NC(=O)[C@H](COC(=O)CNC(=O)OC(C)(C)C)N(C)C(=O)[C@@H]2CCCN2C(=O)[C@@H](NC(=O)[C@H](Cc2cc(F)cc(F)c2)NC(=O)C=CC2CCCCC2)COC(=O)[C@@H]2CCCN2C1=O. The van der Waals surface area contributed by atoms with Gasteiger partial charge in [0.25, 0.3) is 0 Å². The molecule has 66 heavy (non-hydrogen) atoms. The first kappa shape index (κ1) is 50.8. The summed E-state index contributed by atoms with van der Waals surface area (Å²) in [6.45, 7) is 4.19. The van der Waals surface area contributed by atoms with Crippen LogP contribution in [0.4, 0.5) is 13.6 Å². The maximum Gasteiger partial charge on any atom is 0.408 e. The number of likely N-dealkylation sites (N-methyl/N-ethyl adjacent to an activating group) is 1. The summed E-state index contributed by atoms with van der Waals surface area (Å²) in [5.41, 5.74) is -0.849. The Hall–Kier alpha value is -6.15. The van der Waals surface area contributed by atoms with E-state index in [2.05, 4.69) is 21.3 Å². The van der Waals surface area contributed by atoms with Crippen molar-refractivity contribution in [2.45, 2.75) is 134 Å². The molecule has 19 nitrogen and oxygen atoms in total. The summed E-state index contributed by atoms with van der Waals surface area (Å²) in [5.74, 6) is -8.49. The maximum absolute atomic E-state index is 14.6. The number of hydrogen-bond donors (Lipinski definition) is 4. The van der Waals surface area contributed by atoms with E-state index in [4.69, 9.17) is 14.2 Å². The molecule has 0 spiro atoms. The van der Waals surface area contributed by atoms with Gasteiger partial charge in [0.2, 0.25) is 35.4 Å². The molecule has 6 atom stereocenters. The summed E-state index contributed by atoms with van der Waals surface area (Å²) in [5, 5.41) is 9.92. The predicted molar refractivity (Wildman–Crippen MR) is 229 cm³/mol. The largest absolute Gasteiger partial charge is 0.462 e. The molecule has 4 N–H and O–H groups in total. The van der Waals surface area contributed by atoms with Gasteiger partial charge in [0.15, 0.2) is 0 Å². The lowest BCUT2D eigenvalue weighted by molar-refractivity contribution is -0.158. The molecular formula is C45H61F2N7O12. The molecule has 1 aromatic carbocycles.